The SMILES string of the molecule is Cc1cc(NC(=O)Cn2ccc(-c3ccc(C)s3)n2)n(C)n1. The van der Waals surface area contributed by atoms with Crippen LogP contribution in [0.1, 0.15) is 10.6 Å². The molecule has 0 saturated heterocycles. The zero-order valence-electron chi connectivity index (χ0n) is 12.7. The number of hydrogen-bond acceptors (Lipinski definition) is 4. The van der Waals surface area contributed by atoms with Gasteiger partial charge in [-0.05, 0) is 32.0 Å². The van der Waals surface area contributed by atoms with Crippen molar-refractivity contribution in [3.63, 3.8) is 0 Å². The third kappa shape index (κ3) is 3.09. The van der Waals surface area contributed by atoms with Crippen LogP contribution < -0.4 is 5.32 Å². The lowest BCUT2D eigenvalue weighted by Crippen LogP contribution is -2.20. The summed E-state index contributed by atoms with van der Waals surface area (Å²) in [6.45, 7) is 4.13. The smallest absolute Gasteiger partial charge is 0.247 e. The Morgan fingerprint density at radius 3 is 2.73 bits per heavy atom. The van der Waals surface area contributed by atoms with E-state index in [1.807, 2.05) is 31.3 Å². The van der Waals surface area contributed by atoms with Crippen molar-refractivity contribution in [3.05, 3.63) is 41.0 Å². The van der Waals surface area contributed by atoms with Crippen molar-refractivity contribution in [3.8, 4) is 10.6 Å². The van der Waals surface area contributed by atoms with Gasteiger partial charge in [0.25, 0.3) is 0 Å². The molecule has 0 aliphatic rings. The lowest BCUT2D eigenvalue weighted by atomic mass is 10.3. The number of rotatable bonds is 4. The van der Waals surface area contributed by atoms with Gasteiger partial charge in [-0.1, -0.05) is 0 Å². The van der Waals surface area contributed by atoms with Crippen LogP contribution >= 0.6 is 11.3 Å². The second kappa shape index (κ2) is 5.76. The van der Waals surface area contributed by atoms with Gasteiger partial charge in [0, 0.05) is 24.2 Å². The molecule has 7 heteroatoms. The molecule has 0 radical (unpaired) electrons. The maximum absolute atomic E-state index is 12.1. The third-order valence-electron chi connectivity index (χ3n) is 3.21. The molecule has 3 aromatic heterocycles. The number of carbonyl (C=O) groups excluding carboxylic acids is 1. The van der Waals surface area contributed by atoms with Crippen LogP contribution in [0.4, 0.5) is 5.82 Å². The monoisotopic (exact) mass is 315 g/mol. The standard InChI is InChI=1S/C15H17N5OS/c1-10-8-14(19(3)17-10)16-15(21)9-20-7-6-12(18-20)13-5-4-11(2)22-13/h4-8H,9H2,1-3H3,(H,16,21). The minimum Gasteiger partial charge on any atom is -0.309 e. The lowest BCUT2D eigenvalue weighted by molar-refractivity contribution is -0.116. The van der Waals surface area contributed by atoms with E-state index in [-0.39, 0.29) is 12.5 Å². The maximum atomic E-state index is 12.1. The summed E-state index contributed by atoms with van der Waals surface area (Å²) in [6.07, 6.45) is 1.82. The minimum atomic E-state index is -0.125. The first-order chi connectivity index (χ1) is 10.5. The molecule has 0 atom stereocenters. The predicted octanol–water partition coefficient (Wildman–Crippen LogP) is 2.60. The fourth-order valence-corrected chi connectivity index (χ4v) is 3.04. The van der Waals surface area contributed by atoms with Gasteiger partial charge >= 0.3 is 0 Å². The molecule has 0 unspecified atom stereocenters. The van der Waals surface area contributed by atoms with Gasteiger partial charge in [0.1, 0.15) is 18.1 Å². The molecular weight excluding hydrogens is 298 g/mol. The Bertz CT molecular complexity index is 814. The summed E-state index contributed by atoms with van der Waals surface area (Å²) in [7, 11) is 1.80. The van der Waals surface area contributed by atoms with Crippen LogP contribution in [-0.2, 0) is 18.4 Å². The number of anilines is 1. The van der Waals surface area contributed by atoms with Gasteiger partial charge in [-0.25, -0.2) is 0 Å². The van der Waals surface area contributed by atoms with Gasteiger partial charge in [0.2, 0.25) is 5.91 Å². The molecule has 3 aromatic rings. The normalized spacial score (nSPS) is 10.9. The number of aromatic nitrogens is 4. The average Bonchev–Trinajstić information content (AvgIpc) is 3.12. The zero-order valence-corrected chi connectivity index (χ0v) is 13.5. The highest BCUT2D eigenvalue weighted by Gasteiger charge is 2.10. The maximum Gasteiger partial charge on any atom is 0.247 e. The van der Waals surface area contributed by atoms with E-state index in [0.29, 0.717) is 5.82 Å². The van der Waals surface area contributed by atoms with E-state index in [9.17, 15) is 4.79 Å². The Morgan fingerprint density at radius 2 is 2.09 bits per heavy atom. The molecule has 114 valence electrons. The van der Waals surface area contributed by atoms with Crippen molar-refractivity contribution in [2.24, 2.45) is 7.05 Å². The van der Waals surface area contributed by atoms with Crippen molar-refractivity contribution in [1.82, 2.24) is 19.6 Å². The second-order valence-corrected chi connectivity index (χ2v) is 6.44. The largest absolute Gasteiger partial charge is 0.309 e. The summed E-state index contributed by atoms with van der Waals surface area (Å²) >= 11 is 1.69. The van der Waals surface area contributed by atoms with Gasteiger partial charge in [0.15, 0.2) is 0 Å². The first kappa shape index (κ1) is 14.5. The van der Waals surface area contributed by atoms with E-state index < -0.39 is 0 Å². The highest BCUT2D eigenvalue weighted by Crippen LogP contribution is 2.25. The van der Waals surface area contributed by atoms with E-state index in [0.717, 1.165) is 16.3 Å². The second-order valence-electron chi connectivity index (χ2n) is 5.15. The summed E-state index contributed by atoms with van der Waals surface area (Å²) < 4.78 is 3.29. The summed E-state index contributed by atoms with van der Waals surface area (Å²) in [5, 5.41) is 11.5. The van der Waals surface area contributed by atoms with Crippen molar-refractivity contribution < 1.29 is 4.79 Å². The fourth-order valence-electron chi connectivity index (χ4n) is 2.21. The number of thiophene rings is 1. The number of amides is 1. The van der Waals surface area contributed by atoms with Gasteiger partial charge in [-0.2, -0.15) is 10.2 Å². The van der Waals surface area contributed by atoms with Crippen LogP contribution in [0.5, 0.6) is 0 Å². The van der Waals surface area contributed by atoms with Crippen LogP contribution in [0.3, 0.4) is 0 Å². The number of hydrogen-bond donors (Lipinski definition) is 1. The van der Waals surface area contributed by atoms with Gasteiger partial charge in [-0.15, -0.1) is 11.3 Å². The van der Waals surface area contributed by atoms with Crippen LogP contribution in [0.25, 0.3) is 10.6 Å². The summed E-state index contributed by atoms with van der Waals surface area (Å²) in [6, 6.07) is 7.87. The molecule has 22 heavy (non-hydrogen) atoms. The Kier molecular flexibility index (Phi) is 3.81. The Morgan fingerprint density at radius 1 is 1.27 bits per heavy atom. The number of nitrogens with zero attached hydrogens (tertiary/aromatic N) is 4. The molecule has 0 bridgehead atoms. The van der Waals surface area contributed by atoms with Crippen molar-refractivity contribution in [2.75, 3.05) is 5.32 Å². The molecule has 0 spiro atoms. The zero-order chi connectivity index (χ0) is 15.7. The summed E-state index contributed by atoms with van der Waals surface area (Å²) in [5.74, 6) is 0.559. The molecule has 0 saturated carbocycles. The molecule has 6 nitrogen and oxygen atoms in total. The van der Waals surface area contributed by atoms with Crippen LogP contribution in [0, 0.1) is 13.8 Å². The summed E-state index contributed by atoms with van der Waals surface area (Å²) in [5.41, 5.74) is 1.76. The van der Waals surface area contributed by atoms with Crippen molar-refractivity contribution in [1.29, 1.82) is 0 Å². The predicted molar refractivity (Wildman–Crippen MR) is 86.9 cm³/mol. The Balaban J connectivity index is 1.67. The molecule has 0 aliphatic carbocycles. The summed E-state index contributed by atoms with van der Waals surface area (Å²) in [4.78, 5) is 14.4. The average molecular weight is 315 g/mol. The highest BCUT2D eigenvalue weighted by molar-refractivity contribution is 7.15. The van der Waals surface area contributed by atoms with Gasteiger partial charge < -0.3 is 5.32 Å². The Labute approximate surface area is 132 Å². The molecule has 3 rings (SSSR count). The molecule has 0 aliphatic heterocycles. The molecule has 0 aromatic carbocycles. The van der Waals surface area contributed by atoms with E-state index in [1.54, 1.807) is 27.7 Å². The first-order valence-electron chi connectivity index (χ1n) is 6.92. The Hall–Kier alpha value is -2.41. The van der Waals surface area contributed by atoms with Gasteiger partial charge in [-0.3, -0.25) is 14.2 Å². The van der Waals surface area contributed by atoms with E-state index in [4.69, 9.17) is 0 Å². The highest BCUT2D eigenvalue weighted by atomic mass is 32.1. The lowest BCUT2D eigenvalue weighted by Gasteiger charge is -2.05. The van der Waals surface area contributed by atoms with Crippen LogP contribution in [0.2, 0.25) is 0 Å². The first-order valence-corrected chi connectivity index (χ1v) is 7.73. The molecule has 1 N–H and O–H groups in total. The number of nitrogens with one attached hydrogen (secondary N) is 1. The quantitative estimate of drug-likeness (QED) is 0.805. The molecule has 3 heterocycles. The van der Waals surface area contributed by atoms with E-state index >= 15 is 0 Å². The molecule has 1 amide bonds. The topological polar surface area (TPSA) is 64.7 Å². The van der Waals surface area contributed by atoms with Crippen LogP contribution in [0.15, 0.2) is 30.5 Å². The van der Waals surface area contributed by atoms with Gasteiger partial charge in [0.05, 0.1) is 10.6 Å². The number of aryl methyl sites for hydroxylation is 3. The van der Waals surface area contributed by atoms with E-state index in [1.165, 1.54) is 4.88 Å². The molecule has 0 fully saturated rings. The fraction of sp³-hybridized carbons (Fsp3) is 0.267. The minimum absolute atomic E-state index is 0.125. The van der Waals surface area contributed by atoms with E-state index in [2.05, 4.69) is 28.5 Å². The van der Waals surface area contributed by atoms with Crippen LogP contribution in [-0.4, -0.2) is 25.5 Å². The number of carbonyl (C=O) groups is 1. The third-order valence-corrected chi connectivity index (χ3v) is 4.23. The van der Waals surface area contributed by atoms with Crippen molar-refractivity contribution >= 4 is 23.1 Å². The van der Waals surface area contributed by atoms with Crippen molar-refractivity contribution in [2.45, 2.75) is 20.4 Å². The molecular formula is C15H17N5OS.